The van der Waals surface area contributed by atoms with Crippen molar-refractivity contribution in [1.29, 1.82) is 0 Å². The number of rotatable bonds is 2. The molecule has 19 heavy (non-hydrogen) atoms. The van der Waals surface area contributed by atoms with Crippen molar-refractivity contribution in [2.45, 2.75) is 0 Å². The molecule has 0 spiro atoms. The molecule has 3 aromatic rings. The Morgan fingerprint density at radius 3 is 3.05 bits per heavy atom. The van der Waals surface area contributed by atoms with Gasteiger partial charge in [-0.3, -0.25) is 9.78 Å². The van der Waals surface area contributed by atoms with E-state index in [9.17, 15) is 4.79 Å². The normalized spacial score (nSPS) is 10.6. The first-order chi connectivity index (χ1) is 9.22. The molecule has 0 unspecified atom stereocenters. The zero-order valence-corrected chi connectivity index (χ0v) is 11.2. The van der Waals surface area contributed by atoms with Gasteiger partial charge in [-0.05, 0) is 28.1 Å². The van der Waals surface area contributed by atoms with Crippen molar-refractivity contribution >= 4 is 33.2 Å². The van der Waals surface area contributed by atoms with E-state index in [0.717, 1.165) is 4.47 Å². The van der Waals surface area contributed by atoms with Crippen molar-refractivity contribution in [3.63, 3.8) is 0 Å². The predicted molar refractivity (Wildman–Crippen MR) is 72.9 cm³/mol. The van der Waals surface area contributed by atoms with Gasteiger partial charge in [0.15, 0.2) is 11.3 Å². The molecule has 0 saturated heterocycles. The highest BCUT2D eigenvalue weighted by Crippen LogP contribution is 2.11. The summed E-state index contributed by atoms with van der Waals surface area (Å²) in [5.74, 6) is -0.297. The molecule has 6 nitrogen and oxygen atoms in total. The first kappa shape index (κ1) is 11.8. The van der Waals surface area contributed by atoms with E-state index < -0.39 is 0 Å². The summed E-state index contributed by atoms with van der Waals surface area (Å²) in [5.41, 5.74) is 1.53. The Bertz CT molecular complexity index is 740. The van der Waals surface area contributed by atoms with E-state index in [1.165, 1.54) is 0 Å². The summed E-state index contributed by atoms with van der Waals surface area (Å²) < 4.78 is 2.34. The van der Waals surface area contributed by atoms with Crippen LogP contribution in [0, 0.1) is 0 Å². The lowest BCUT2D eigenvalue weighted by molar-refractivity contribution is 0.102. The van der Waals surface area contributed by atoms with Crippen molar-refractivity contribution < 1.29 is 4.79 Å². The van der Waals surface area contributed by atoms with Crippen LogP contribution in [0.3, 0.4) is 0 Å². The van der Waals surface area contributed by atoms with Crippen LogP contribution in [-0.2, 0) is 0 Å². The first-order valence-electron chi connectivity index (χ1n) is 5.45. The average Bonchev–Trinajstić information content (AvgIpc) is 2.83. The third-order valence-corrected chi connectivity index (χ3v) is 2.84. The number of fused-ring (bicyclic) bond motifs is 1. The fraction of sp³-hybridized carbons (Fsp3) is 0. The Morgan fingerprint density at radius 1 is 1.37 bits per heavy atom. The Hall–Kier alpha value is -2.28. The highest BCUT2D eigenvalue weighted by molar-refractivity contribution is 9.10. The zero-order chi connectivity index (χ0) is 13.2. The standard InChI is InChI=1S/C12H8BrN5O/c13-8-5-15-11-4-10(17-18(11)7-8)12(19)16-9-2-1-3-14-6-9/h1-7H,(H,16,19). The Morgan fingerprint density at radius 2 is 2.26 bits per heavy atom. The molecule has 7 heteroatoms. The van der Waals surface area contributed by atoms with E-state index in [-0.39, 0.29) is 5.91 Å². The number of carbonyl (C=O) groups excluding carboxylic acids is 1. The van der Waals surface area contributed by atoms with Crippen LogP contribution >= 0.6 is 15.9 Å². The topological polar surface area (TPSA) is 72.2 Å². The summed E-state index contributed by atoms with van der Waals surface area (Å²) in [6, 6.07) is 5.13. The highest BCUT2D eigenvalue weighted by Gasteiger charge is 2.11. The van der Waals surface area contributed by atoms with Crippen LogP contribution in [0.25, 0.3) is 5.65 Å². The minimum Gasteiger partial charge on any atom is -0.319 e. The quantitative estimate of drug-likeness (QED) is 0.786. The molecule has 3 aromatic heterocycles. The molecule has 0 saturated carbocycles. The SMILES string of the molecule is O=C(Nc1cccnc1)c1cc2ncc(Br)cn2n1. The number of anilines is 1. The highest BCUT2D eigenvalue weighted by atomic mass is 79.9. The van der Waals surface area contributed by atoms with Gasteiger partial charge >= 0.3 is 0 Å². The molecular weight excluding hydrogens is 310 g/mol. The Kier molecular flexibility index (Phi) is 2.96. The molecule has 0 bridgehead atoms. The molecule has 94 valence electrons. The Balaban J connectivity index is 1.89. The van der Waals surface area contributed by atoms with Crippen molar-refractivity contribution in [2.75, 3.05) is 5.32 Å². The maximum absolute atomic E-state index is 12.0. The van der Waals surface area contributed by atoms with Gasteiger partial charge < -0.3 is 5.32 Å². The smallest absolute Gasteiger partial charge is 0.276 e. The zero-order valence-electron chi connectivity index (χ0n) is 9.62. The average molecular weight is 318 g/mol. The number of halogens is 1. The molecule has 0 radical (unpaired) electrons. The van der Waals surface area contributed by atoms with Gasteiger partial charge in [0, 0.05) is 24.7 Å². The second-order valence-electron chi connectivity index (χ2n) is 3.80. The summed E-state index contributed by atoms with van der Waals surface area (Å²) in [4.78, 5) is 20.1. The summed E-state index contributed by atoms with van der Waals surface area (Å²) in [7, 11) is 0. The number of nitrogens with one attached hydrogen (secondary N) is 1. The van der Waals surface area contributed by atoms with Gasteiger partial charge in [-0.15, -0.1) is 0 Å². The van der Waals surface area contributed by atoms with E-state index in [1.807, 2.05) is 0 Å². The molecule has 3 rings (SSSR count). The van der Waals surface area contributed by atoms with E-state index in [0.29, 0.717) is 17.0 Å². The van der Waals surface area contributed by atoms with Crippen LogP contribution in [0.15, 0.2) is 47.5 Å². The predicted octanol–water partition coefficient (Wildman–Crippen LogP) is 2.14. The lowest BCUT2D eigenvalue weighted by Gasteiger charge is -2.00. The van der Waals surface area contributed by atoms with Crippen LogP contribution in [-0.4, -0.2) is 25.5 Å². The van der Waals surface area contributed by atoms with E-state index in [4.69, 9.17) is 0 Å². The second-order valence-corrected chi connectivity index (χ2v) is 4.72. The number of hydrogen-bond donors (Lipinski definition) is 1. The molecule has 3 heterocycles. The summed E-state index contributed by atoms with van der Waals surface area (Å²) in [6.07, 6.45) is 6.60. The van der Waals surface area contributed by atoms with Gasteiger partial charge in [-0.2, -0.15) is 5.10 Å². The van der Waals surface area contributed by atoms with Crippen molar-refractivity contribution in [2.24, 2.45) is 0 Å². The number of hydrogen-bond acceptors (Lipinski definition) is 4. The molecule has 0 aliphatic heterocycles. The van der Waals surface area contributed by atoms with Crippen LogP contribution in [0.2, 0.25) is 0 Å². The lowest BCUT2D eigenvalue weighted by Crippen LogP contribution is -2.12. The minimum absolute atomic E-state index is 0.297. The van der Waals surface area contributed by atoms with Gasteiger partial charge in [0.2, 0.25) is 0 Å². The molecule has 0 aliphatic rings. The van der Waals surface area contributed by atoms with Gasteiger partial charge in [-0.25, -0.2) is 9.50 Å². The maximum atomic E-state index is 12.0. The number of nitrogens with zero attached hydrogens (tertiary/aromatic N) is 4. The summed E-state index contributed by atoms with van der Waals surface area (Å²) >= 11 is 3.30. The van der Waals surface area contributed by atoms with Crippen LogP contribution in [0.4, 0.5) is 5.69 Å². The van der Waals surface area contributed by atoms with Crippen LogP contribution in [0.1, 0.15) is 10.5 Å². The van der Waals surface area contributed by atoms with E-state index in [2.05, 4.69) is 36.3 Å². The number of amides is 1. The molecule has 1 N–H and O–H groups in total. The van der Waals surface area contributed by atoms with E-state index >= 15 is 0 Å². The lowest BCUT2D eigenvalue weighted by atomic mass is 10.3. The largest absolute Gasteiger partial charge is 0.319 e. The molecule has 0 atom stereocenters. The first-order valence-corrected chi connectivity index (χ1v) is 6.24. The molecule has 0 aromatic carbocycles. The van der Waals surface area contributed by atoms with Gasteiger partial charge in [0.05, 0.1) is 16.4 Å². The number of carbonyl (C=O) groups is 1. The van der Waals surface area contributed by atoms with Crippen molar-refractivity contribution in [3.05, 3.63) is 53.2 Å². The monoisotopic (exact) mass is 317 g/mol. The van der Waals surface area contributed by atoms with Crippen molar-refractivity contribution in [3.8, 4) is 0 Å². The minimum atomic E-state index is -0.297. The van der Waals surface area contributed by atoms with Crippen LogP contribution < -0.4 is 5.32 Å². The fourth-order valence-corrected chi connectivity index (χ4v) is 1.89. The summed E-state index contributed by atoms with van der Waals surface area (Å²) in [6.45, 7) is 0. The maximum Gasteiger partial charge on any atom is 0.276 e. The second kappa shape index (κ2) is 4.77. The van der Waals surface area contributed by atoms with Gasteiger partial charge in [0.25, 0.3) is 5.91 Å². The third-order valence-electron chi connectivity index (χ3n) is 2.43. The molecule has 0 fully saturated rings. The van der Waals surface area contributed by atoms with Gasteiger partial charge in [-0.1, -0.05) is 0 Å². The Labute approximate surface area is 116 Å². The summed E-state index contributed by atoms with van der Waals surface area (Å²) in [5, 5.41) is 6.88. The third kappa shape index (κ3) is 2.45. The van der Waals surface area contributed by atoms with Crippen LogP contribution in [0.5, 0.6) is 0 Å². The fourth-order valence-electron chi connectivity index (χ4n) is 1.60. The molecule has 1 amide bonds. The van der Waals surface area contributed by atoms with Crippen molar-refractivity contribution in [1.82, 2.24) is 19.6 Å². The number of aromatic nitrogens is 4. The molecule has 0 aliphatic carbocycles. The molecular formula is C12H8BrN5O. The number of pyridine rings is 1. The van der Waals surface area contributed by atoms with E-state index in [1.54, 1.807) is 47.5 Å². The van der Waals surface area contributed by atoms with Gasteiger partial charge in [0.1, 0.15) is 0 Å².